The third-order valence-corrected chi connectivity index (χ3v) is 3.97. The molecule has 14 heavy (non-hydrogen) atoms. The van der Waals surface area contributed by atoms with Crippen LogP contribution in [0.1, 0.15) is 5.56 Å². The SMILES string of the molecule is COc1sc2ccc(Br)cc2c1CCl. The minimum Gasteiger partial charge on any atom is -0.487 e. The topological polar surface area (TPSA) is 9.23 Å². The van der Waals surface area contributed by atoms with Crippen LogP contribution in [-0.4, -0.2) is 7.11 Å². The molecule has 0 atom stereocenters. The number of hydrogen-bond acceptors (Lipinski definition) is 2. The number of ether oxygens (including phenoxy) is 1. The van der Waals surface area contributed by atoms with Crippen LogP contribution in [0.2, 0.25) is 0 Å². The molecule has 1 nitrogen and oxygen atoms in total. The first-order chi connectivity index (χ1) is 6.76. The second-order valence-electron chi connectivity index (χ2n) is 2.85. The molecular formula is C10H8BrClOS. The van der Waals surface area contributed by atoms with Gasteiger partial charge in [-0.1, -0.05) is 27.3 Å². The van der Waals surface area contributed by atoms with E-state index < -0.39 is 0 Å². The van der Waals surface area contributed by atoms with Crippen molar-refractivity contribution in [1.29, 1.82) is 0 Å². The maximum absolute atomic E-state index is 5.89. The zero-order valence-corrected chi connectivity index (χ0v) is 10.7. The molecule has 4 heteroatoms. The van der Waals surface area contributed by atoms with E-state index in [4.69, 9.17) is 16.3 Å². The average Bonchev–Trinajstić information content (AvgIpc) is 2.54. The highest BCUT2D eigenvalue weighted by atomic mass is 79.9. The molecule has 0 saturated heterocycles. The van der Waals surface area contributed by atoms with Gasteiger partial charge >= 0.3 is 0 Å². The molecule has 0 bridgehead atoms. The van der Waals surface area contributed by atoms with Crippen molar-refractivity contribution in [3.63, 3.8) is 0 Å². The van der Waals surface area contributed by atoms with Crippen LogP contribution in [0.4, 0.5) is 0 Å². The lowest BCUT2D eigenvalue weighted by atomic mass is 10.2. The molecule has 2 rings (SSSR count). The molecule has 0 spiro atoms. The summed E-state index contributed by atoms with van der Waals surface area (Å²) in [4.78, 5) is 0. The number of rotatable bonds is 2. The van der Waals surface area contributed by atoms with Gasteiger partial charge in [-0.15, -0.1) is 11.6 Å². The molecule has 0 radical (unpaired) electrons. The Hall–Kier alpha value is -0.250. The van der Waals surface area contributed by atoms with Crippen LogP contribution in [0.5, 0.6) is 5.06 Å². The van der Waals surface area contributed by atoms with Crippen molar-refractivity contribution >= 4 is 49.0 Å². The zero-order valence-electron chi connectivity index (χ0n) is 7.51. The number of alkyl halides is 1. The Kier molecular flexibility index (Phi) is 3.00. The fourth-order valence-electron chi connectivity index (χ4n) is 1.39. The van der Waals surface area contributed by atoms with Crippen molar-refractivity contribution in [3.8, 4) is 5.06 Å². The lowest BCUT2D eigenvalue weighted by Crippen LogP contribution is -1.82. The Morgan fingerprint density at radius 3 is 2.93 bits per heavy atom. The van der Waals surface area contributed by atoms with E-state index in [1.807, 2.05) is 6.07 Å². The maximum atomic E-state index is 5.89. The first kappa shape index (κ1) is 10.3. The monoisotopic (exact) mass is 290 g/mol. The van der Waals surface area contributed by atoms with Crippen molar-refractivity contribution in [2.45, 2.75) is 5.88 Å². The molecule has 0 amide bonds. The highest BCUT2D eigenvalue weighted by molar-refractivity contribution is 9.10. The molecule has 1 aromatic heterocycles. The second kappa shape index (κ2) is 4.09. The summed E-state index contributed by atoms with van der Waals surface area (Å²) in [6, 6.07) is 6.17. The van der Waals surface area contributed by atoms with Crippen molar-refractivity contribution in [2.75, 3.05) is 7.11 Å². The summed E-state index contributed by atoms with van der Waals surface area (Å²) in [5, 5.41) is 2.09. The molecule has 0 aliphatic rings. The number of benzene rings is 1. The number of thiophene rings is 1. The van der Waals surface area contributed by atoms with Crippen LogP contribution in [0, 0.1) is 0 Å². The molecule has 74 valence electrons. The van der Waals surface area contributed by atoms with Gasteiger partial charge < -0.3 is 4.74 Å². The lowest BCUT2D eigenvalue weighted by molar-refractivity contribution is 0.424. The molecule has 1 heterocycles. The van der Waals surface area contributed by atoms with Crippen LogP contribution in [0.15, 0.2) is 22.7 Å². The smallest absolute Gasteiger partial charge is 0.179 e. The van der Waals surface area contributed by atoms with E-state index >= 15 is 0 Å². The normalized spacial score (nSPS) is 10.8. The van der Waals surface area contributed by atoms with Crippen molar-refractivity contribution in [1.82, 2.24) is 0 Å². The predicted octanol–water partition coefficient (Wildman–Crippen LogP) is 4.41. The Morgan fingerprint density at radius 1 is 1.50 bits per heavy atom. The summed E-state index contributed by atoms with van der Waals surface area (Å²) in [6.07, 6.45) is 0. The van der Waals surface area contributed by atoms with E-state index in [0.717, 1.165) is 15.1 Å². The van der Waals surface area contributed by atoms with E-state index in [1.165, 1.54) is 10.1 Å². The van der Waals surface area contributed by atoms with E-state index in [9.17, 15) is 0 Å². The lowest BCUT2D eigenvalue weighted by Gasteiger charge is -1.97. The van der Waals surface area contributed by atoms with E-state index in [-0.39, 0.29) is 0 Å². The van der Waals surface area contributed by atoms with Gasteiger partial charge in [-0.05, 0) is 18.2 Å². The molecule has 0 saturated carbocycles. The molecule has 0 fully saturated rings. The van der Waals surface area contributed by atoms with Crippen molar-refractivity contribution in [2.24, 2.45) is 0 Å². The fourth-order valence-corrected chi connectivity index (χ4v) is 3.11. The third-order valence-electron chi connectivity index (χ3n) is 2.03. The summed E-state index contributed by atoms with van der Waals surface area (Å²) < 4.78 is 7.56. The third kappa shape index (κ3) is 1.64. The number of halogens is 2. The molecule has 1 aromatic carbocycles. The van der Waals surface area contributed by atoms with Gasteiger partial charge in [0.15, 0.2) is 5.06 Å². The Balaban J connectivity index is 2.74. The van der Waals surface area contributed by atoms with Gasteiger partial charge in [-0.25, -0.2) is 0 Å². The van der Waals surface area contributed by atoms with Crippen LogP contribution in [0.25, 0.3) is 10.1 Å². The van der Waals surface area contributed by atoms with Gasteiger partial charge in [-0.3, -0.25) is 0 Å². The summed E-state index contributed by atoms with van der Waals surface area (Å²) in [5.74, 6) is 0.486. The minimum absolute atomic E-state index is 0.486. The zero-order chi connectivity index (χ0) is 10.1. The van der Waals surface area contributed by atoms with Gasteiger partial charge in [0.1, 0.15) is 0 Å². The Morgan fingerprint density at radius 2 is 2.29 bits per heavy atom. The van der Waals surface area contributed by atoms with Gasteiger partial charge in [0.05, 0.1) is 13.0 Å². The number of hydrogen-bond donors (Lipinski definition) is 0. The first-order valence-corrected chi connectivity index (χ1v) is 6.21. The summed E-state index contributed by atoms with van der Waals surface area (Å²) in [7, 11) is 1.68. The van der Waals surface area contributed by atoms with Crippen LogP contribution < -0.4 is 4.74 Å². The highest BCUT2D eigenvalue weighted by Crippen LogP contribution is 2.39. The van der Waals surface area contributed by atoms with Crippen LogP contribution in [-0.2, 0) is 5.88 Å². The summed E-state index contributed by atoms with van der Waals surface area (Å²) in [5.41, 5.74) is 1.08. The summed E-state index contributed by atoms with van der Waals surface area (Å²) in [6.45, 7) is 0. The molecule has 0 N–H and O–H groups in total. The quantitative estimate of drug-likeness (QED) is 0.745. The van der Waals surface area contributed by atoms with Crippen molar-refractivity contribution < 1.29 is 4.74 Å². The molecular weight excluding hydrogens is 284 g/mol. The second-order valence-corrected chi connectivity index (χ2v) is 5.04. The van der Waals surface area contributed by atoms with Gasteiger partial charge in [0.25, 0.3) is 0 Å². The van der Waals surface area contributed by atoms with Gasteiger partial charge in [0.2, 0.25) is 0 Å². The standard InChI is InChI=1S/C10H8BrClOS/c1-13-10-8(5-12)7-4-6(11)2-3-9(7)14-10/h2-4H,5H2,1H3. The maximum Gasteiger partial charge on any atom is 0.179 e. The Labute approximate surface area is 99.8 Å². The van der Waals surface area contributed by atoms with E-state index in [0.29, 0.717) is 5.88 Å². The molecule has 0 unspecified atom stereocenters. The Bertz CT molecular complexity index is 466. The molecule has 0 aliphatic carbocycles. The van der Waals surface area contributed by atoms with Crippen LogP contribution in [0.3, 0.4) is 0 Å². The van der Waals surface area contributed by atoms with Crippen molar-refractivity contribution in [3.05, 3.63) is 28.2 Å². The van der Waals surface area contributed by atoms with E-state index in [2.05, 4.69) is 28.1 Å². The van der Waals surface area contributed by atoms with Gasteiger partial charge in [0, 0.05) is 20.1 Å². The van der Waals surface area contributed by atoms with Gasteiger partial charge in [-0.2, -0.15) is 0 Å². The first-order valence-electron chi connectivity index (χ1n) is 4.07. The van der Waals surface area contributed by atoms with E-state index in [1.54, 1.807) is 18.4 Å². The van der Waals surface area contributed by atoms with Crippen LogP contribution >= 0.6 is 38.9 Å². The average molecular weight is 292 g/mol. The fraction of sp³-hybridized carbons (Fsp3) is 0.200. The number of methoxy groups -OCH3 is 1. The highest BCUT2D eigenvalue weighted by Gasteiger charge is 2.11. The molecule has 2 aromatic rings. The largest absolute Gasteiger partial charge is 0.487 e. The number of fused-ring (bicyclic) bond motifs is 1. The summed E-state index contributed by atoms with van der Waals surface area (Å²) >= 11 is 11.0. The molecule has 0 aliphatic heterocycles. The minimum atomic E-state index is 0.486. The predicted molar refractivity (Wildman–Crippen MR) is 65.6 cm³/mol.